The summed E-state index contributed by atoms with van der Waals surface area (Å²) in [5, 5.41) is 0. The van der Waals surface area contributed by atoms with Crippen molar-refractivity contribution in [2.45, 2.75) is 48.6 Å². The van der Waals surface area contributed by atoms with Gasteiger partial charge in [0.1, 0.15) is 45.6 Å². The van der Waals surface area contributed by atoms with Crippen LogP contribution >= 0.6 is 0 Å². The Bertz CT molecular complexity index is 3840. The SMILES string of the molecule is CCn1cnc2c(Oc3ccc(/C=C/C(C(=O)C(/C=C/c4ccc(Oc5ncnc6c5ncn6CC)cc4)c4ccc(NS(=O)(=O)c5ccccc5F)cc4)c4ccc(NS(=O)(=O)c5ccccc5F)cc4)cc3)ncnc21. The first-order valence-electron chi connectivity index (χ1n) is 24.3. The van der Waals surface area contributed by atoms with Gasteiger partial charge in [0.25, 0.3) is 31.8 Å². The number of benzene rings is 6. The van der Waals surface area contributed by atoms with Gasteiger partial charge in [0, 0.05) is 24.5 Å². The number of carbonyl (C=O) groups is 1. The first kappa shape index (κ1) is 52.0. The Balaban J connectivity index is 0.982. The third-order valence-electron chi connectivity index (χ3n) is 12.5. The second kappa shape index (κ2) is 22.4. The summed E-state index contributed by atoms with van der Waals surface area (Å²) in [6, 6.07) is 36.5. The van der Waals surface area contributed by atoms with Crippen LogP contribution in [-0.4, -0.2) is 61.7 Å². The molecule has 0 aliphatic carbocycles. The predicted molar refractivity (Wildman–Crippen MR) is 291 cm³/mol. The maximum atomic E-state index is 15.4. The highest BCUT2D eigenvalue weighted by atomic mass is 32.2. The number of aryl methyl sites for hydroxylation is 2. The summed E-state index contributed by atoms with van der Waals surface area (Å²) < 4.78 is 103. The number of nitrogens with zero attached hydrogens (tertiary/aromatic N) is 8. The quantitative estimate of drug-likeness (QED) is 0.0727. The highest BCUT2D eigenvalue weighted by Crippen LogP contribution is 2.34. The van der Waals surface area contributed by atoms with Crippen molar-refractivity contribution in [1.82, 2.24) is 39.0 Å². The van der Waals surface area contributed by atoms with Gasteiger partial charge < -0.3 is 18.6 Å². The zero-order valence-electron chi connectivity index (χ0n) is 41.6. The van der Waals surface area contributed by atoms with Crippen molar-refractivity contribution in [2.24, 2.45) is 0 Å². The smallest absolute Gasteiger partial charge is 0.264 e. The Labute approximate surface area is 446 Å². The number of rotatable bonds is 20. The van der Waals surface area contributed by atoms with Crippen LogP contribution in [0.25, 0.3) is 34.5 Å². The monoisotopic (exact) mass is 1080 g/mol. The minimum Gasteiger partial charge on any atom is -0.437 e. The van der Waals surface area contributed by atoms with Crippen molar-refractivity contribution in [2.75, 3.05) is 9.44 Å². The Morgan fingerprint density at radius 3 is 1.28 bits per heavy atom. The predicted octanol–water partition coefficient (Wildman–Crippen LogP) is 11.3. The molecule has 10 aromatic rings. The van der Waals surface area contributed by atoms with Crippen LogP contribution in [0.15, 0.2) is 193 Å². The molecule has 2 unspecified atom stereocenters. The van der Waals surface area contributed by atoms with E-state index in [1.807, 2.05) is 23.0 Å². The summed E-state index contributed by atoms with van der Waals surface area (Å²) >= 11 is 0. The number of hydrogen-bond donors (Lipinski definition) is 2. The van der Waals surface area contributed by atoms with Gasteiger partial charge in [0.05, 0.1) is 24.5 Å². The molecule has 0 fully saturated rings. The summed E-state index contributed by atoms with van der Waals surface area (Å²) in [7, 11) is -8.67. The Hall–Kier alpha value is -9.47. The number of imidazole rings is 2. The molecule has 0 aliphatic rings. The van der Waals surface area contributed by atoms with Crippen LogP contribution in [0.3, 0.4) is 0 Å². The first-order chi connectivity index (χ1) is 37.8. The fourth-order valence-corrected chi connectivity index (χ4v) is 10.7. The summed E-state index contributed by atoms with van der Waals surface area (Å²) in [6.45, 7) is 5.28. The summed E-state index contributed by atoms with van der Waals surface area (Å²) in [6.07, 6.45) is 13.1. The van der Waals surface area contributed by atoms with Crippen LogP contribution in [0, 0.1) is 11.6 Å². The molecule has 10 rings (SSSR count). The van der Waals surface area contributed by atoms with Crippen LogP contribution in [-0.2, 0) is 37.9 Å². The largest absolute Gasteiger partial charge is 0.437 e. The van der Waals surface area contributed by atoms with Crippen LogP contribution in [0.4, 0.5) is 20.2 Å². The number of sulfonamides is 2. The molecule has 392 valence electrons. The number of aromatic nitrogens is 8. The number of halogens is 2. The van der Waals surface area contributed by atoms with Crippen molar-refractivity contribution < 1.29 is 39.9 Å². The maximum Gasteiger partial charge on any atom is 0.264 e. The molecule has 0 radical (unpaired) electrons. The summed E-state index contributed by atoms with van der Waals surface area (Å²) in [4.78, 5) is 40.5. The van der Waals surface area contributed by atoms with E-state index in [1.165, 1.54) is 61.2 Å². The van der Waals surface area contributed by atoms with Crippen LogP contribution < -0.4 is 18.9 Å². The minimum atomic E-state index is -4.33. The molecule has 4 aromatic heterocycles. The van der Waals surface area contributed by atoms with Gasteiger partial charge in [0.15, 0.2) is 28.1 Å². The fraction of sp³-hybridized carbons (Fsp3) is 0.105. The van der Waals surface area contributed by atoms with Gasteiger partial charge in [-0.2, -0.15) is 9.97 Å². The van der Waals surface area contributed by atoms with E-state index in [0.29, 0.717) is 69.2 Å². The van der Waals surface area contributed by atoms with Gasteiger partial charge in [-0.3, -0.25) is 14.2 Å². The van der Waals surface area contributed by atoms with Gasteiger partial charge in [0.2, 0.25) is 0 Å². The van der Waals surface area contributed by atoms with E-state index >= 15 is 4.79 Å². The number of ether oxygens (including phenoxy) is 2. The summed E-state index contributed by atoms with van der Waals surface area (Å²) in [5.41, 5.74) is 4.84. The van der Waals surface area contributed by atoms with Gasteiger partial charge in [-0.25, -0.2) is 45.6 Å². The molecule has 4 heterocycles. The molecule has 21 heteroatoms. The third kappa shape index (κ3) is 11.4. The van der Waals surface area contributed by atoms with E-state index in [9.17, 15) is 25.6 Å². The molecule has 0 spiro atoms. The molecule has 17 nitrogen and oxygen atoms in total. The van der Waals surface area contributed by atoms with Gasteiger partial charge in [-0.05, 0) is 109 Å². The van der Waals surface area contributed by atoms with Crippen LogP contribution in [0.5, 0.6) is 23.3 Å². The molecule has 0 saturated carbocycles. The number of hydrogen-bond acceptors (Lipinski definition) is 13. The van der Waals surface area contributed by atoms with Crippen molar-refractivity contribution in [3.8, 4) is 23.3 Å². The molecular weight excluding hydrogens is 1040 g/mol. The van der Waals surface area contributed by atoms with Crippen molar-refractivity contribution in [3.05, 3.63) is 217 Å². The Kier molecular flexibility index (Phi) is 14.9. The molecule has 0 aliphatic heterocycles. The molecule has 6 aromatic carbocycles. The number of ketones is 1. The first-order valence-corrected chi connectivity index (χ1v) is 27.3. The standard InChI is InChI=1S/C57H46F2N10O7S2/c1-3-68-35-64-51-54(68)60-33-62-56(51)75-43-27-13-37(14-28-43)17-31-45(39-19-23-41(24-20-39)66-77(71,72)49-11-7-5-9-47(49)58)53(70)46(40-21-25-42(26-22-40)67-78(73,74)50-12-8-6-10-48(50)59)32-18-38-15-29-44(30-16-38)76-57-52-55(61-34-63-57)69(4-2)36-65-52/h5-36,45-46,66-67H,3-4H2,1-2H3/b31-17+,32-18+. The average molecular weight is 1090 g/mol. The Morgan fingerprint density at radius 2 is 0.910 bits per heavy atom. The van der Waals surface area contributed by atoms with E-state index in [1.54, 1.807) is 110 Å². The number of nitrogens with one attached hydrogen (secondary N) is 2. The second-order valence-corrected chi connectivity index (χ2v) is 20.8. The van der Waals surface area contributed by atoms with Gasteiger partial charge in [-0.15, -0.1) is 0 Å². The maximum absolute atomic E-state index is 15.4. The normalized spacial score (nSPS) is 12.8. The molecule has 0 amide bonds. The lowest BCUT2D eigenvalue weighted by Gasteiger charge is -2.20. The average Bonchev–Trinajstić information content (AvgIpc) is 4.15. The number of carbonyl (C=O) groups excluding carboxylic acids is 1. The molecule has 2 N–H and O–H groups in total. The summed E-state index contributed by atoms with van der Waals surface area (Å²) in [5.74, 6) is -2.66. The van der Waals surface area contributed by atoms with E-state index in [4.69, 9.17) is 9.47 Å². The van der Waals surface area contributed by atoms with Crippen molar-refractivity contribution in [1.29, 1.82) is 0 Å². The minimum absolute atomic E-state index is 0.118. The number of fused-ring (bicyclic) bond motifs is 2. The van der Waals surface area contributed by atoms with E-state index in [2.05, 4.69) is 39.3 Å². The number of allylic oxidation sites excluding steroid dienone is 2. The number of anilines is 2. The Morgan fingerprint density at radius 1 is 0.526 bits per heavy atom. The fourth-order valence-electron chi connectivity index (χ4n) is 8.46. The number of Topliss-reactive ketones (excluding diaryl/α,β-unsaturated/α-hetero) is 1. The van der Waals surface area contributed by atoms with Crippen molar-refractivity contribution in [3.63, 3.8) is 0 Å². The third-order valence-corrected chi connectivity index (χ3v) is 15.3. The van der Waals surface area contributed by atoms with Crippen LogP contribution in [0.1, 0.15) is 47.9 Å². The zero-order valence-corrected chi connectivity index (χ0v) is 43.2. The van der Waals surface area contributed by atoms with Crippen LogP contribution in [0.2, 0.25) is 0 Å². The van der Waals surface area contributed by atoms with Gasteiger partial charge in [-0.1, -0.05) is 97.1 Å². The lowest BCUT2D eigenvalue weighted by atomic mass is 9.82. The van der Waals surface area contributed by atoms with Gasteiger partial charge >= 0.3 is 0 Å². The lowest BCUT2D eigenvalue weighted by molar-refractivity contribution is -0.120. The molecule has 0 bridgehead atoms. The highest BCUT2D eigenvalue weighted by molar-refractivity contribution is 7.93. The van der Waals surface area contributed by atoms with E-state index in [0.717, 1.165) is 24.3 Å². The molecule has 2 atom stereocenters. The van der Waals surface area contributed by atoms with Crippen molar-refractivity contribution >= 4 is 71.7 Å². The zero-order chi connectivity index (χ0) is 54.4. The lowest BCUT2D eigenvalue weighted by Crippen LogP contribution is -2.19. The van der Waals surface area contributed by atoms with E-state index < -0.39 is 53.3 Å². The highest BCUT2D eigenvalue weighted by Gasteiger charge is 2.28. The topological polar surface area (TPSA) is 215 Å². The molecule has 0 saturated heterocycles. The van der Waals surface area contributed by atoms with E-state index in [-0.39, 0.29) is 28.9 Å². The second-order valence-electron chi connectivity index (χ2n) is 17.5. The molecule has 78 heavy (non-hydrogen) atoms. The molecular formula is C57H46F2N10O7S2.